The predicted octanol–water partition coefficient (Wildman–Crippen LogP) is 0.418. The first-order valence-corrected chi connectivity index (χ1v) is 7.03. The van der Waals surface area contributed by atoms with Gasteiger partial charge in [-0.25, -0.2) is 0 Å². The van der Waals surface area contributed by atoms with Crippen molar-refractivity contribution in [1.82, 2.24) is 15.5 Å². The molecule has 3 amide bonds. The second kappa shape index (κ2) is 7.08. The fourth-order valence-corrected chi connectivity index (χ4v) is 2.25. The van der Waals surface area contributed by atoms with E-state index in [1.165, 1.54) is 0 Å². The number of amides is 3. The van der Waals surface area contributed by atoms with Gasteiger partial charge in [-0.05, 0) is 12.1 Å². The molecule has 1 aromatic carbocycles. The van der Waals surface area contributed by atoms with Gasteiger partial charge in [0.1, 0.15) is 0 Å². The molecule has 0 radical (unpaired) electrons. The van der Waals surface area contributed by atoms with Crippen LogP contribution in [0, 0.1) is 0 Å². The highest BCUT2D eigenvalue weighted by Crippen LogP contribution is 2.14. The number of nitrogens with zero attached hydrogens (tertiary/aromatic N) is 1. The normalized spacial score (nSPS) is 15.1. The minimum atomic E-state index is -0.391. The molecule has 1 heterocycles. The number of carbonyl (C=O) groups is 3. The molecule has 0 atom stereocenters. The molecule has 112 valence electrons. The van der Waals surface area contributed by atoms with Gasteiger partial charge in [-0.1, -0.05) is 23.7 Å². The third kappa shape index (κ3) is 4.19. The van der Waals surface area contributed by atoms with E-state index in [2.05, 4.69) is 10.6 Å². The molecule has 1 fully saturated rings. The molecular formula is C14H16ClN3O3. The molecule has 1 aliphatic rings. The number of hydrogen-bond donors (Lipinski definition) is 2. The Kier molecular flexibility index (Phi) is 5.16. The van der Waals surface area contributed by atoms with Gasteiger partial charge >= 0.3 is 0 Å². The van der Waals surface area contributed by atoms with E-state index in [-0.39, 0.29) is 24.8 Å². The lowest BCUT2D eigenvalue weighted by molar-refractivity contribution is -0.130. The van der Waals surface area contributed by atoms with Gasteiger partial charge in [-0.15, -0.1) is 0 Å². The third-order valence-corrected chi connectivity index (χ3v) is 3.51. The molecule has 1 saturated heterocycles. The van der Waals surface area contributed by atoms with Crippen molar-refractivity contribution in [2.45, 2.75) is 6.42 Å². The highest BCUT2D eigenvalue weighted by molar-refractivity contribution is 6.33. The first-order valence-electron chi connectivity index (χ1n) is 6.65. The Balaban J connectivity index is 1.87. The van der Waals surface area contributed by atoms with Crippen LogP contribution in [0.15, 0.2) is 24.3 Å². The zero-order chi connectivity index (χ0) is 15.2. The summed E-state index contributed by atoms with van der Waals surface area (Å²) in [4.78, 5) is 36.7. The lowest BCUT2D eigenvalue weighted by Crippen LogP contribution is -2.41. The summed E-state index contributed by atoms with van der Waals surface area (Å²) in [6.45, 7) is 1.14. The van der Waals surface area contributed by atoms with Crippen LogP contribution in [0.2, 0.25) is 5.02 Å². The van der Waals surface area contributed by atoms with E-state index < -0.39 is 5.91 Å². The van der Waals surface area contributed by atoms with Crippen LogP contribution in [0.1, 0.15) is 16.8 Å². The van der Waals surface area contributed by atoms with E-state index in [4.69, 9.17) is 11.6 Å². The highest BCUT2D eigenvalue weighted by Gasteiger charge is 2.19. The minimum absolute atomic E-state index is 0.0644. The summed E-state index contributed by atoms with van der Waals surface area (Å²) in [6.07, 6.45) is 0.282. The van der Waals surface area contributed by atoms with Crippen molar-refractivity contribution in [3.63, 3.8) is 0 Å². The first-order chi connectivity index (χ1) is 10.1. The summed E-state index contributed by atoms with van der Waals surface area (Å²) in [5.41, 5.74) is 0.333. The topological polar surface area (TPSA) is 78.5 Å². The van der Waals surface area contributed by atoms with E-state index in [9.17, 15) is 14.4 Å². The van der Waals surface area contributed by atoms with Crippen LogP contribution in [-0.4, -0.2) is 48.8 Å². The van der Waals surface area contributed by atoms with Crippen LogP contribution in [0.3, 0.4) is 0 Å². The zero-order valence-corrected chi connectivity index (χ0v) is 12.2. The molecule has 0 spiro atoms. The van der Waals surface area contributed by atoms with Crippen LogP contribution >= 0.6 is 11.6 Å². The monoisotopic (exact) mass is 309 g/mol. The molecule has 7 heteroatoms. The van der Waals surface area contributed by atoms with Gasteiger partial charge in [0, 0.05) is 26.1 Å². The average Bonchev–Trinajstić information content (AvgIpc) is 2.69. The van der Waals surface area contributed by atoms with Gasteiger partial charge in [0.25, 0.3) is 5.91 Å². The molecule has 0 saturated carbocycles. The van der Waals surface area contributed by atoms with Crippen LogP contribution in [0.5, 0.6) is 0 Å². The van der Waals surface area contributed by atoms with Crippen LogP contribution in [-0.2, 0) is 9.59 Å². The molecule has 1 aromatic rings. The molecule has 0 aromatic heterocycles. The molecule has 2 rings (SSSR count). The predicted molar refractivity (Wildman–Crippen MR) is 78.0 cm³/mol. The van der Waals surface area contributed by atoms with Gasteiger partial charge < -0.3 is 15.5 Å². The van der Waals surface area contributed by atoms with Gasteiger partial charge in [-0.3, -0.25) is 14.4 Å². The maximum Gasteiger partial charge on any atom is 0.253 e. The van der Waals surface area contributed by atoms with Crippen molar-refractivity contribution < 1.29 is 14.4 Å². The largest absolute Gasteiger partial charge is 0.354 e. The van der Waals surface area contributed by atoms with Crippen molar-refractivity contribution in [3.05, 3.63) is 34.9 Å². The van der Waals surface area contributed by atoms with Crippen molar-refractivity contribution in [2.75, 3.05) is 26.2 Å². The zero-order valence-electron chi connectivity index (χ0n) is 11.4. The van der Waals surface area contributed by atoms with Gasteiger partial charge in [-0.2, -0.15) is 0 Å². The van der Waals surface area contributed by atoms with E-state index in [0.29, 0.717) is 30.2 Å². The van der Waals surface area contributed by atoms with Gasteiger partial charge in [0.05, 0.1) is 17.1 Å². The minimum Gasteiger partial charge on any atom is -0.354 e. The van der Waals surface area contributed by atoms with E-state index >= 15 is 0 Å². The summed E-state index contributed by atoms with van der Waals surface area (Å²) in [5, 5.41) is 5.58. The third-order valence-electron chi connectivity index (χ3n) is 3.18. The quantitative estimate of drug-likeness (QED) is 0.849. The first kappa shape index (κ1) is 15.3. The Morgan fingerprint density at radius 2 is 2.05 bits per heavy atom. The number of nitrogens with one attached hydrogen (secondary N) is 2. The second-order valence-electron chi connectivity index (χ2n) is 4.64. The number of carbonyl (C=O) groups excluding carboxylic acids is 3. The van der Waals surface area contributed by atoms with Crippen molar-refractivity contribution in [2.24, 2.45) is 0 Å². The summed E-state index contributed by atoms with van der Waals surface area (Å²) >= 11 is 5.92. The summed E-state index contributed by atoms with van der Waals surface area (Å²) in [6, 6.07) is 6.64. The molecule has 21 heavy (non-hydrogen) atoms. The Morgan fingerprint density at radius 1 is 1.29 bits per heavy atom. The van der Waals surface area contributed by atoms with Crippen LogP contribution < -0.4 is 10.6 Å². The SMILES string of the molecule is O=C1CCN(C(=O)CNC(=O)c2ccccc2Cl)CCN1. The van der Waals surface area contributed by atoms with Crippen LogP contribution in [0.4, 0.5) is 0 Å². The van der Waals surface area contributed by atoms with E-state index in [1.54, 1.807) is 29.2 Å². The lowest BCUT2D eigenvalue weighted by atomic mass is 10.2. The fourth-order valence-electron chi connectivity index (χ4n) is 2.02. The van der Waals surface area contributed by atoms with Gasteiger partial charge in [0.15, 0.2) is 0 Å². The number of benzene rings is 1. The van der Waals surface area contributed by atoms with E-state index in [0.717, 1.165) is 0 Å². The molecule has 0 unspecified atom stereocenters. The molecule has 0 aliphatic carbocycles. The Hall–Kier alpha value is -2.08. The Morgan fingerprint density at radius 3 is 2.81 bits per heavy atom. The maximum atomic E-state index is 12.0. The smallest absolute Gasteiger partial charge is 0.253 e. The summed E-state index contributed by atoms with van der Waals surface area (Å²) < 4.78 is 0. The molecule has 2 N–H and O–H groups in total. The van der Waals surface area contributed by atoms with Crippen molar-refractivity contribution >= 4 is 29.3 Å². The molecule has 6 nitrogen and oxygen atoms in total. The fraction of sp³-hybridized carbons (Fsp3) is 0.357. The van der Waals surface area contributed by atoms with Crippen molar-refractivity contribution in [3.8, 4) is 0 Å². The summed E-state index contributed by atoms with van der Waals surface area (Å²) in [7, 11) is 0. The molecule has 0 bridgehead atoms. The maximum absolute atomic E-state index is 12.0. The van der Waals surface area contributed by atoms with E-state index in [1.807, 2.05) is 0 Å². The number of halogens is 1. The lowest BCUT2D eigenvalue weighted by Gasteiger charge is -2.19. The van der Waals surface area contributed by atoms with Gasteiger partial charge in [0.2, 0.25) is 11.8 Å². The molecular weight excluding hydrogens is 294 g/mol. The van der Waals surface area contributed by atoms with Crippen molar-refractivity contribution in [1.29, 1.82) is 0 Å². The molecule has 1 aliphatic heterocycles. The number of hydrogen-bond acceptors (Lipinski definition) is 3. The average molecular weight is 310 g/mol. The highest BCUT2D eigenvalue weighted by atomic mass is 35.5. The second-order valence-corrected chi connectivity index (χ2v) is 5.05. The number of rotatable bonds is 3. The van der Waals surface area contributed by atoms with Crippen LogP contribution in [0.25, 0.3) is 0 Å². The standard InChI is InChI=1S/C14H16ClN3O3/c15-11-4-2-1-3-10(11)14(21)17-9-13(20)18-7-5-12(19)16-6-8-18/h1-4H,5-9H2,(H,16,19)(H,17,21). The summed E-state index contributed by atoms with van der Waals surface area (Å²) in [5.74, 6) is -0.671. The Labute approximate surface area is 127 Å². The Bertz CT molecular complexity index is 562.